The van der Waals surface area contributed by atoms with Gasteiger partial charge in [0.05, 0.1) is 0 Å². The molecule has 21 heavy (non-hydrogen) atoms. The second-order valence-electron chi connectivity index (χ2n) is 6.10. The summed E-state index contributed by atoms with van der Waals surface area (Å²) in [5, 5.41) is 6.54. The van der Waals surface area contributed by atoms with Gasteiger partial charge in [-0.15, -0.1) is 12.4 Å². The first-order valence-corrected chi connectivity index (χ1v) is 7.91. The number of nitrogens with one attached hydrogen (secondary N) is 2. The van der Waals surface area contributed by atoms with E-state index >= 15 is 0 Å². The molecule has 116 valence electrons. The standard InChI is InChI=1S/C17H24N2O.ClH/c20-17(19-15-8-4-10-18-12-15)11-14-7-3-6-13-5-1-2-9-16(13)14;/h1-2,5,9,14-15,18H,3-4,6-8,10-12H2,(H,19,20);1H/t14?,15-;/m0./s1. The fraction of sp³-hybridized carbons (Fsp3) is 0.588. The number of hydrogen-bond acceptors (Lipinski definition) is 2. The van der Waals surface area contributed by atoms with Crippen LogP contribution >= 0.6 is 12.4 Å². The van der Waals surface area contributed by atoms with Crippen LogP contribution in [0.5, 0.6) is 0 Å². The lowest BCUT2D eigenvalue weighted by Gasteiger charge is -2.27. The Balaban J connectivity index is 0.00000161. The van der Waals surface area contributed by atoms with Gasteiger partial charge in [-0.3, -0.25) is 4.79 Å². The molecule has 2 N–H and O–H groups in total. The molecule has 1 fully saturated rings. The van der Waals surface area contributed by atoms with Crippen LogP contribution in [-0.4, -0.2) is 25.0 Å². The Kier molecular flexibility index (Phi) is 6.07. The lowest BCUT2D eigenvalue weighted by molar-refractivity contribution is -0.122. The quantitative estimate of drug-likeness (QED) is 0.901. The van der Waals surface area contributed by atoms with Crippen molar-refractivity contribution >= 4 is 18.3 Å². The monoisotopic (exact) mass is 308 g/mol. The van der Waals surface area contributed by atoms with Gasteiger partial charge in [0.2, 0.25) is 5.91 Å². The number of rotatable bonds is 3. The molecule has 3 rings (SSSR count). The highest BCUT2D eigenvalue weighted by atomic mass is 35.5. The molecule has 1 aromatic rings. The summed E-state index contributed by atoms with van der Waals surface area (Å²) in [6, 6.07) is 8.95. The van der Waals surface area contributed by atoms with Gasteiger partial charge in [0, 0.05) is 19.0 Å². The van der Waals surface area contributed by atoms with E-state index in [0.717, 1.165) is 32.4 Å². The maximum Gasteiger partial charge on any atom is 0.220 e. The topological polar surface area (TPSA) is 41.1 Å². The first-order valence-electron chi connectivity index (χ1n) is 7.91. The Labute approximate surface area is 133 Å². The molecule has 2 aliphatic rings. The van der Waals surface area contributed by atoms with Crippen molar-refractivity contribution in [2.24, 2.45) is 0 Å². The van der Waals surface area contributed by atoms with Crippen molar-refractivity contribution in [3.63, 3.8) is 0 Å². The van der Waals surface area contributed by atoms with Crippen LogP contribution in [0, 0.1) is 0 Å². The Morgan fingerprint density at radius 3 is 2.90 bits per heavy atom. The molecule has 0 saturated carbocycles. The molecule has 1 aliphatic heterocycles. The zero-order chi connectivity index (χ0) is 13.8. The summed E-state index contributed by atoms with van der Waals surface area (Å²) in [6.07, 6.45) is 6.44. The van der Waals surface area contributed by atoms with E-state index in [1.807, 2.05) is 0 Å². The van der Waals surface area contributed by atoms with Crippen molar-refractivity contribution in [3.8, 4) is 0 Å². The summed E-state index contributed by atoms with van der Waals surface area (Å²) in [7, 11) is 0. The summed E-state index contributed by atoms with van der Waals surface area (Å²) in [6.45, 7) is 2.01. The molecule has 1 heterocycles. The van der Waals surface area contributed by atoms with Crippen LogP contribution in [0.25, 0.3) is 0 Å². The van der Waals surface area contributed by atoms with Crippen molar-refractivity contribution in [2.45, 2.75) is 50.5 Å². The normalized spacial score (nSPS) is 24.6. The van der Waals surface area contributed by atoms with Crippen LogP contribution in [0.3, 0.4) is 0 Å². The first-order chi connectivity index (χ1) is 9.83. The van der Waals surface area contributed by atoms with Gasteiger partial charge in [-0.1, -0.05) is 24.3 Å². The second-order valence-corrected chi connectivity index (χ2v) is 6.10. The number of fused-ring (bicyclic) bond motifs is 1. The van der Waals surface area contributed by atoms with Gasteiger partial charge in [-0.2, -0.15) is 0 Å². The van der Waals surface area contributed by atoms with E-state index in [-0.39, 0.29) is 18.3 Å². The molecular formula is C17H25ClN2O. The Bertz CT molecular complexity index is 472. The number of piperidine rings is 1. The van der Waals surface area contributed by atoms with E-state index in [9.17, 15) is 4.79 Å². The van der Waals surface area contributed by atoms with Crippen LogP contribution in [0.2, 0.25) is 0 Å². The third kappa shape index (κ3) is 4.21. The van der Waals surface area contributed by atoms with Crippen LogP contribution in [0.15, 0.2) is 24.3 Å². The fourth-order valence-electron chi connectivity index (χ4n) is 3.55. The van der Waals surface area contributed by atoms with Gasteiger partial charge in [-0.05, 0) is 55.7 Å². The average Bonchev–Trinajstić information content (AvgIpc) is 2.48. The average molecular weight is 309 g/mol. The predicted molar refractivity (Wildman–Crippen MR) is 88.0 cm³/mol. The van der Waals surface area contributed by atoms with Crippen molar-refractivity contribution in [1.29, 1.82) is 0 Å². The van der Waals surface area contributed by atoms with Crippen molar-refractivity contribution < 1.29 is 4.79 Å². The molecule has 0 spiro atoms. The van der Waals surface area contributed by atoms with E-state index < -0.39 is 0 Å². The molecule has 1 saturated heterocycles. The van der Waals surface area contributed by atoms with Crippen molar-refractivity contribution in [3.05, 3.63) is 35.4 Å². The zero-order valence-corrected chi connectivity index (χ0v) is 13.3. The number of halogens is 1. The highest BCUT2D eigenvalue weighted by Crippen LogP contribution is 2.33. The molecule has 1 aliphatic carbocycles. The van der Waals surface area contributed by atoms with E-state index in [2.05, 4.69) is 34.9 Å². The molecule has 1 amide bonds. The summed E-state index contributed by atoms with van der Waals surface area (Å²) in [4.78, 5) is 12.3. The summed E-state index contributed by atoms with van der Waals surface area (Å²) in [5.41, 5.74) is 2.84. The third-order valence-electron chi connectivity index (χ3n) is 4.59. The molecule has 1 unspecified atom stereocenters. The van der Waals surface area contributed by atoms with Gasteiger partial charge in [0.15, 0.2) is 0 Å². The third-order valence-corrected chi connectivity index (χ3v) is 4.59. The molecule has 0 radical (unpaired) electrons. The van der Waals surface area contributed by atoms with Gasteiger partial charge >= 0.3 is 0 Å². The number of amides is 1. The largest absolute Gasteiger partial charge is 0.352 e. The molecule has 2 atom stereocenters. The highest BCUT2D eigenvalue weighted by molar-refractivity contribution is 5.85. The molecule has 3 nitrogen and oxygen atoms in total. The van der Waals surface area contributed by atoms with E-state index in [1.165, 1.54) is 24.0 Å². The minimum absolute atomic E-state index is 0. The van der Waals surface area contributed by atoms with Gasteiger partial charge in [0.1, 0.15) is 0 Å². The lowest BCUT2D eigenvalue weighted by atomic mass is 9.81. The molecule has 0 bridgehead atoms. The Morgan fingerprint density at radius 1 is 1.24 bits per heavy atom. The van der Waals surface area contributed by atoms with E-state index in [1.54, 1.807) is 0 Å². The second kappa shape index (κ2) is 7.81. The number of benzene rings is 1. The first kappa shape index (κ1) is 16.3. The number of carbonyl (C=O) groups is 1. The van der Waals surface area contributed by atoms with Gasteiger partial charge in [0.25, 0.3) is 0 Å². The van der Waals surface area contributed by atoms with Gasteiger partial charge < -0.3 is 10.6 Å². The lowest BCUT2D eigenvalue weighted by Crippen LogP contribution is -2.45. The minimum Gasteiger partial charge on any atom is -0.352 e. The van der Waals surface area contributed by atoms with E-state index in [4.69, 9.17) is 0 Å². The summed E-state index contributed by atoms with van der Waals surface area (Å²) in [5.74, 6) is 0.636. The Hall–Kier alpha value is -1.06. The highest BCUT2D eigenvalue weighted by Gasteiger charge is 2.23. The zero-order valence-electron chi connectivity index (χ0n) is 12.4. The maximum absolute atomic E-state index is 12.3. The van der Waals surface area contributed by atoms with Crippen LogP contribution in [0.4, 0.5) is 0 Å². The summed E-state index contributed by atoms with van der Waals surface area (Å²) >= 11 is 0. The van der Waals surface area contributed by atoms with Crippen molar-refractivity contribution in [1.82, 2.24) is 10.6 Å². The molecule has 0 aromatic heterocycles. The number of carbonyl (C=O) groups excluding carboxylic acids is 1. The molecule has 4 heteroatoms. The fourth-order valence-corrected chi connectivity index (χ4v) is 3.55. The molecule has 1 aromatic carbocycles. The van der Waals surface area contributed by atoms with Crippen molar-refractivity contribution in [2.75, 3.05) is 13.1 Å². The van der Waals surface area contributed by atoms with E-state index in [0.29, 0.717) is 18.4 Å². The predicted octanol–water partition coefficient (Wildman–Crippen LogP) is 2.79. The van der Waals surface area contributed by atoms with Crippen LogP contribution in [-0.2, 0) is 11.2 Å². The van der Waals surface area contributed by atoms with Crippen LogP contribution in [0.1, 0.15) is 49.1 Å². The summed E-state index contributed by atoms with van der Waals surface area (Å²) < 4.78 is 0. The number of hydrogen-bond donors (Lipinski definition) is 2. The van der Waals surface area contributed by atoms with Gasteiger partial charge in [-0.25, -0.2) is 0 Å². The smallest absolute Gasteiger partial charge is 0.220 e. The molecular weight excluding hydrogens is 284 g/mol. The maximum atomic E-state index is 12.3. The number of aryl methyl sites for hydroxylation is 1. The SMILES string of the molecule is Cl.O=C(CC1CCCc2ccccc21)N[C@H]1CCCNC1. The van der Waals surface area contributed by atoms with Crippen LogP contribution < -0.4 is 10.6 Å². The Morgan fingerprint density at radius 2 is 2.10 bits per heavy atom. The minimum atomic E-state index is 0.